The topological polar surface area (TPSA) is 90.9 Å². The monoisotopic (exact) mass is 427 g/mol. The molecule has 7 heteroatoms. The van der Waals surface area contributed by atoms with E-state index in [2.05, 4.69) is 19.2 Å². The third-order valence-corrected chi connectivity index (χ3v) is 5.50. The Bertz CT molecular complexity index is 1000. The first kappa shape index (κ1) is 22.6. The molecule has 1 aliphatic carbocycles. The van der Waals surface area contributed by atoms with Crippen molar-refractivity contribution >= 4 is 17.7 Å². The fourth-order valence-corrected chi connectivity index (χ4v) is 4.36. The standard InChI is InChI=1S/C24H29NO6/c1-7-30-19-10-15(8-9-18(19)31-14(3)26)21-20(23(28)29-6)13(2)25-16-11-24(4,5)12-17(27)22(16)21/h8-10,21,25H,7,11-12H2,1-6H3/t21-/m0/s1. The van der Waals surface area contributed by atoms with E-state index in [1.807, 2.05) is 13.8 Å². The van der Waals surface area contributed by atoms with Gasteiger partial charge in [-0.3, -0.25) is 9.59 Å². The van der Waals surface area contributed by atoms with Crippen molar-refractivity contribution in [3.05, 3.63) is 46.3 Å². The molecule has 7 nitrogen and oxygen atoms in total. The maximum absolute atomic E-state index is 13.2. The number of ether oxygens (including phenoxy) is 3. The Morgan fingerprint density at radius 3 is 2.52 bits per heavy atom. The van der Waals surface area contributed by atoms with Crippen molar-refractivity contribution in [2.75, 3.05) is 13.7 Å². The smallest absolute Gasteiger partial charge is 0.336 e. The average Bonchev–Trinajstić information content (AvgIpc) is 2.66. The fourth-order valence-electron chi connectivity index (χ4n) is 4.36. The van der Waals surface area contributed by atoms with Crippen molar-refractivity contribution in [1.29, 1.82) is 0 Å². The van der Waals surface area contributed by atoms with Gasteiger partial charge in [-0.15, -0.1) is 0 Å². The molecule has 0 bridgehead atoms. The lowest BCUT2D eigenvalue weighted by Crippen LogP contribution is -2.38. The van der Waals surface area contributed by atoms with Gasteiger partial charge in [-0.2, -0.15) is 0 Å². The van der Waals surface area contributed by atoms with Gasteiger partial charge in [-0.25, -0.2) is 4.79 Å². The molecule has 0 saturated carbocycles. The highest BCUT2D eigenvalue weighted by molar-refractivity contribution is 6.04. The second kappa shape index (κ2) is 8.57. The Hall–Kier alpha value is -3.09. The predicted octanol–water partition coefficient (Wildman–Crippen LogP) is 3.79. The molecule has 2 aliphatic rings. The number of rotatable bonds is 5. The molecule has 166 valence electrons. The fraction of sp³-hybridized carbons (Fsp3) is 0.458. The number of ketones is 1. The minimum Gasteiger partial charge on any atom is -0.490 e. The highest BCUT2D eigenvalue weighted by Crippen LogP contribution is 2.47. The zero-order valence-corrected chi connectivity index (χ0v) is 18.9. The number of dihydropyridines is 1. The van der Waals surface area contributed by atoms with Crippen molar-refractivity contribution in [2.24, 2.45) is 5.41 Å². The molecular weight excluding hydrogens is 398 g/mol. The van der Waals surface area contributed by atoms with E-state index in [-0.39, 0.29) is 16.9 Å². The number of hydrogen-bond acceptors (Lipinski definition) is 7. The molecule has 0 saturated heterocycles. The van der Waals surface area contributed by atoms with Gasteiger partial charge in [0.25, 0.3) is 0 Å². The van der Waals surface area contributed by atoms with Gasteiger partial charge in [0.05, 0.1) is 19.3 Å². The molecule has 1 N–H and O–H groups in total. The molecular formula is C24H29NO6. The van der Waals surface area contributed by atoms with Crippen LogP contribution in [0.5, 0.6) is 11.5 Å². The van der Waals surface area contributed by atoms with Gasteiger partial charge in [-0.1, -0.05) is 19.9 Å². The van der Waals surface area contributed by atoms with Crippen LogP contribution in [0.15, 0.2) is 40.7 Å². The summed E-state index contributed by atoms with van der Waals surface area (Å²) in [7, 11) is 1.32. The molecule has 31 heavy (non-hydrogen) atoms. The number of nitrogens with one attached hydrogen (secondary N) is 1. The van der Waals surface area contributed by atoms with Crippen LogP contribution in [0.2, 0.25) is 0 Å². The van der Waals surface area contributed by atoms with Crippen molar-refractivity contribution in [2.45, 2.75) is 53.4 Å². The Balaban J connectivity index is 2.20. The summed E-state index contributed by atoms with van der Waals surface area (Å²) in [6.07, 6.45) is 1.08. The Morgan fingerprint density at radius 2 is 1.90 bits per heavy atom. The molecule has 0 unspecified atom stereocenters. The van der Waals surface area contributed by atoms with E-state index >= 15 is 0 Å². The number of carbonyl (C=O) groups excluding carboxylic acids is 3. The van der Waals surface area contributed by atoms with Gasteiger partial charge in [-0.05, 0) is 43.4 Å². The van der Waals surface area contributed by atoms with Gasteiger partial charge in [0.15, 0.2) is 17.3 Å². The van der Waals surface area contributed by atoms with Gasteiger partial charge >= 0.3 is 11.9 Å². The molecule has 1 heterocycles. The number of hydrogen-bond donors (Lipinski definition) is 1. The van der Waals surface area contributed by atoms with E-state index in [4.69, 9.17) is 14.2 Å². The summed E-state index contributed by atoms with van der Waals surface area (Å²) in [4.78, 5) is 37.4. The highest BCUT2D eigenvalue weighted by Gasteiger charge is 2.43. The molecule has 0 spiro atoms. The lowest BCUT2D eigenvalue weighted by Gasteiger charge is -2.39. The molecule has 0 radical (unpaired) electrons. The SMILES string of the molecule is CCOc1cc([C@H]2C(C(=O)OC)=C(C)NC3=C2C(=O)CC(C)(C)C3)ccc1OC(C)=O. The Morgan fingerprint density at radius 1 is 1.19 bits per heavy atom. The molecule has 1 aromatic carbocycles. The second-order valence-electron chi connectivity index (χ2n) is 8.65. The summed E-state index contributed by atoms with van der Waals surface area (Å²) in [5, 5.41) is 3.28. The molecule has 1 aromatic rings. The molecule has 0 amide bonds. The Kier molecular flexibility index (Phi) is 6.25. The first-order valence-electron chi connectivity index (χ1n) is 10.4. The summed E-state index contributed by atoms with van der Waals surface area (Å²) in [5.41, 5.74) is 2.97. The van der Waals surface area contributed by atoms with E-state index in [9.17, 15) is 14.4 Å². The maximum Gasteiger partial charge on any atom is 0.336 e. The van der Waals surface area contributed by atoms with Gasteiger partial charge in [0.1, 0.15) is 0 Å². The third-order valence-electron chi connectivity index (χ3n) is 5.50. The van der Waals surface area contributed by atoms with Crippen LogP contribution in [-0.2, 0) is 19.1 Å². The van der Waals surface area contributed by atoms with Crippen LogP contribution >= 0.6 is 0 Å². The van der Waals surface area contributed by atoms with Crippen molar-refractivity contribution in [1.82, 2.24) is 5.32 Å². The largest absolute Gasteiger partial charge is 0.490 e. The van der Waals surface area contributed by atoms with Crippen LogP contribution in [0, 0.1) is 5.41 Å². The maximum atomic E-state index is 13.2. The molecule has 0 aromatic heterocycles. The van der Waals surface area contributed by atoms with Crippen LogP contribution in [-0.4, -0.2) is 31.4 Å². The molecule has 1 atom stereocenters. The summed E-state index contributed by atoms with van der Waals surface area (Å²) in [6.45, 7) is 9.43. The summed E-state index contributed by atoms with van der Waals surface area (Å²) in [6, 6.07) is 5.11. The first-order chi connectivity index (χ1) is 14.6. The van der Waals surface area contributed by atoms with Crippen molar-refractivity contribution in [3.63, 3.8) is 0 Å². The van der Waals surface area contributed by atoms with Crippen LogP contribution in [0.4, 0.5) is 0 Å². The molecule has 1 aliphatic heterocycles. The van der Waals surface area contributed by atoms with Crippen molar-refractivity contribution in [3.8, 4) is 11.5 Å². The van der Waals surface area contributed by atoms with Crippen LogP contribution in [0.1, 0.15) is 58.9 Å². The predicted molar refractivity (Wildman–Crippen MR) is 115 cm³/mol. The molecule has 3 rings (SSSR count). The number of carbonyl (C=O) groups is 3. The lowest BCUT2D eigenvalue weighted by molar-refractivity contribution is -0.136. The van der Waals surface area contributed by atoms with Gasteiger partial charge in [0.2, 0.25) is 0 Å². The average molecular weight is 427 g/mol. The van der Waals surface area contributed by atoms with E-state index in [1.54, 1.807) is 18.2 Å². The summed E-state index contributed by atoms with van der Waals surface area (Å²) >= 11 is 0. The molecule has 0 fully saturated rings. The van der Waals surface area contributed by atoms with Gasteiger partial charge in [0, 0.05) is 36.2 Å². The van der Waals surface area contributed by atoms with E-state index in [0.29, 0.717) is 47.6 Å². The Labute approximate surface area is 182 Å². The summed E-state index contributed by atoms with van der Waals surface area (Å²) < 4.78 is 16.0. The van der Waals surface area contributed by atoms with E-state index in [1.165, 1.54) is 14.0 Å². The number of Topliss-reactive ketones (excluding diaryl/α,β-unsaturated/α-hetero) is 1. The van der Waals surface area contributed by atoms with E-state index in [0.717, 1.165) is 5.70 Å². The van der Waals surface area contributed by atoms with Crippen LogP contribution in [0.25, 0.3) is 0 Å². The highest BCUT2D eigenvalue weighted by atomic mass is 16.6. The second-order valence-corrected chi connectivity index (χ2v) is 8.65. The quantitative estimate of drug-likeness (QED) is 0.565. The zero-order valence-electron chi connectivity index (χ0n) is 18.9. The summed E-state index contributed by atoms with van der Waals surface area (Å²) in [5.74, 6) is -0.894. The third kappa shape index (κ3) is 4.50. The minimum atomic E-state index is -0.599. The zero-order chi connectivity index (χ0) is 22.9. The van der Waals surface area contributed by atoms with E-state index < -0.39 is 17.9 Å². The van der Waals surface area contributed by atoms with Crippen LogP contribution in [0.3, 0.4) is 0 Å². The number of methoxy groups -OCH3 is 1. The van der Waals surface area contributed by atoms with Crippen molar-refractivity contribution < 1.29 is 28.6 Å². The van der Waals surface area contributed by atoms with Crippen LogP contribution < -0.4 is 14.8 Å². The first-order valence-corrected chi connectivity index (χ1v) is 10.4. The van der Waals surface area contributed by atoms with Gasteiger partial charge < -0.3 is 19.5 Å². The number of esters is 2. The number of benzene rings is 1. The minimum absolute atomic E-state index is 0.000301. The lowest BCUT2D eigenvalue weighted by atomic mass is 9.68. The normalized spacial score (nSPS) is 20.1. The number of allylic oxidation sites excluding steroid dienone is 3.